The van der Waals surface area contributed by atoms with Gasteiger partial charge in [-0.05, 0) is 43.5 Å². The fourth-order valence-electron chi connectivity index (χ4n) is 2.30. The molecule has 1 aromatic carbocycles. The molecule has 0 bridgehead atoms. The first-order chi connectivity index (χ1) is 8.58. The van der Waals surface area contributed by atoms with Crippen LogP contribution < -0.4 is 10.2 Å². The molecule has 4 nitrogen and oxygen atoms in total. The molecular formula is C14H18N2O2. The fraction of sp³-hybridized carbons (Fsp3) is 0.429. The van der Waals surface area contributed by atoms with E-state index >= 15 is 0 Å². The van der Waals surface area contributed by atoms with Gasteiger partial charge in [-0.15, -0.1) is 0 Å². The number of aryl methyl sites for hydroxylation is 1. The number of anilines is 2. The average molecular weight is 246 g/mol. The molecule has 1 fully saturated rings. The van der Waals surface area contributed by atoms with Crippen molar-refractivity contribution in [2.24, 2.45) is 0 Å². The number of amides is 2. The van der Waals surface area contributed by atoms with Gasteiger partial charge in [0, 0.05) is 31.3 Å². The number of carbonyl (C=O) groups is 2. The molecule has 0 saturated carbocycles. The SMILES string of the molecule is CC(=O)Nc1ccc(N2CCCCC2=O)c(C)c1. The predicted octanol–water partition coefficient (Wildman–Crippen LogP) is 2.47. The highest BCUT2D eigenvalue weighted by Gasteiger charge is 2.20. The Bertz CT molecular complexity index is 483. The van der Waals surface area contributed by atoms with Crippen LogP contribution in [0.25, 0.3) is 0 Å². The zero-order valence-electron chi connectivity index (χ0n) is 10.8. The summed E-state index contributed by atoms with van der Waals surface area (Å²) in [6.07, 6.45) is 2.67. The molecule has 1 aromatic rings. The summed E-state index contributed by atoms with van der Waals surface area (Å²) in [5.41, 5.74) is 2.73. The van der Waals surface area contributed by atoms with Crippen LogP contribution in [0.5, 0.6) is 0 Å². The Morgan fingerprint density at radius 3 is 2.72 bits per heavy atom. The highest BCUT2D eigenvalue weighted by atomic mass is 16.2. The first-order valence-corrected chi connectivity index (χ1v) is 6.26. The third-order valence-corrected chi connectivity index (χ3v) is 3.13. The average Bonchev–Trinajstić information content (AvgIpc) is 2.30. The van der Waals surface area contributed by atoms with E-state index in [1.165, 1.54) is 6.92 Å². The van der Waals surface area contributed by atoms with E-state index in [0.29, 0.717) is 6.42 Å². The van der Waals surface area contributed by atoms with Crippen LogP contribution >= 0.6 is 0 Å². The van der Waals surface area contributed by atoms with Gasteiger partial charge >= 0.3 is 0 Å². The van der Waals surface area contributed by atoms with E-state index in [0.717, 1.165) is 36.3 Å². The third-order valence-electron chi connectivity index (χ3n) is 3.13. The smallest absolute Gasteiger partial charge is 0.226 e. The highest BCUT2D eigenvalue weighted by Crippen LogP contribution is 2.26. The van der Waals surface area contributed by atoms with Gasteiger partial charge in [0.25, 0.3) is 0 Å². The molecule has 0 aromatic heterocycles. The number of nitrogens with one attached hydrogen (secondary N) is 1. The van der Waals surface area contributed by atoms with E-state index in [1.54, 1.807) is 0 Å². The van der Waals surface area contributed by atoms with Crippen LogP contribution in [-0.2, 0) is 9.59 Å². The van der Waals surface area contributed by atoms with E-state index in [9.17, 15) is 9.59 Å². The van der Waals surface area contributed by atoms with Crippen molar-refractivity contribution >= 4 is 23.2 Å². The highest BCUT2D eigenvalue weighted by molar-refractivity contribution is 5.95. The summed E-state index contributed by atoms with van der Waals surface area (Å²) in [5.74, 6) is 0.104. The molecule has 0 radical (unpaired) electrons. The lowest BCUT2D eigenvalue weighted by Crippen LogP contribution is -2.35. The topological polar surface area (TPSA) is 49.4 Å². The summed E-state index contributed by atoms with van der Waals surface area (Å²) < 4.78 is 0. The van der Waals surface area contributed by atoms with Gasteiger partial charge in [-0.25, -0.2) is 0 Å². The van der Waals surface area contributed by atoms with Crippen LogP contribution in [0, 0.1) is 6.92 Å². The number of hydrogen-bond acceptors (Lipinski definition) is 2. The lowest BCUT2D eigenvalue weighted by Gasteiger charge is -2.28. The van der Waals surface area contributed by atoms with Gasteiger partial charge < -0.3 is 10.2 Å². The predicted molar refractivity (Wildman–Crippen MR) is 71.7 cm³/mol. The Kier molecular flexibility index (Phi) is 3.65. The van der Waals surface area contributed by atoms with E-state index in [1.807, 2.05) is 30.0 Å². The van der Waals surface area contributed by atoms with Crippen LogP contribution in [0.4, 0.5) is 11.4 Å². The van der Waals surface area contributed by atoms with E-state index < -0.39 is 0 Å². The van der Waals surface area contributed by atoms with Crippen molar-refractivity contribution in [2.45, 2.75) is 33.1 Å². The number of piperidine rings is 1. The zero-order chi connectivity index (χ0) is 13.1. The normalized spacial score (nSPS) is 15.7. The van der Waals surface area contributed by atoms with Gasteiger partial charge in [0.1, 0.15) is 0 Å². The molecule has 1 N–H and O–H groups in total. The maximum absolute atomic E-state index is 11.9. The van der Waals surface area contributed by atoms with Crippen molar-refractivity contribution in [3.63, 3.8) is 0 Å². The molecule has 0 spiro atoms. The zero-order valence-corrected chi connectivity index (χ0v) is 10.8. The van der Waals surface area contributed by atoms with Gasteiger partial charge in [-0.2, -0.15) is 0 Å². The summed E-state index contributed by atoms with van der Waals surface area (Å²) in [5, 5.41) is 2.74. The minimum absolute atomic E-state index is 0.0869. The van der Waals surface area contributed by atoms with Crippen molar-refractivity contribution in [3.8, 4) is 0 Å². The molecule has 1 saturated heterocycles. The first-order valence-electron chi connectivity index (χ1n) is 6.26. The van der Waals surface area contributed by atoms with E-state index in [-0.39, 0.29) is 11.8 Å². The van der Waals surface area contributed by atoms with Crippen LogP contribution in [0.3, 0.4) is 0 Å². The molecule has 0 aliphatic carbocycles. The fourth-order valence-corrected chi connectivity index (χ4v) is 2.30. The van der Waals surface area contributed by atoms with Gasteiger partial charge in [0.15, 0.2) is 0 Å². The molecule has 2 amide bonds. The number of rotatable bonds is 2. The van der Waals surface area contributed by atoms with E-state index in [2.05, 4.69) is 5.32 Å². The lowest BCUT2D eigenvalue weighted by molar-refractivity contribution is -0.119. The molecule has 96 valence electrons. The van der Waals surface area contributed by atoms with Crippen LogP contribution in [-0.4, -0.2) is 18.4 Å². The Hall–Kier alpha value is -1.84. The monoisotopic (exact) mass is 246 g/mol. The molecule has 1 aliphatic heterocycles. The second-order valence-electron chi connectivity index (χ2n) is 4.68. The van der Waals surface area contributed by atoms with Crippen LogP contribution in [0.2, 0.25) is 0 Å². The van der Waals surface area contributed by atoms with Crippen molar-refractivity contribution in [1.82, 2.24) is 0 Å². The summed E-state index contributed by atoms with van der Waals surface area (Å²) in [6.45, 7) is 4.24. The second-order valence-corrected chi connectivity index (χ2v) is 4.68. The Morgan fingerprint density at radius 1 is 1.33 bits per heavy atom. The van der Waals surface area contributed by atoms with Gasteiger partial charge in [-0.3, -0.25) is 9.59 Å². The van der Waals surface area contributed by atoms with Crippen LogP contribution in [0.1, 0.15) is 31.7 Å². The molecule has 0 unspecified atom stereocenters. The third kappa shape index (κ3) is 2.70. The molecule has 0 atom stereocenters. The maximum atomic E-state index is 11.9. The minimum Gasteiger partial charge on any atom is -0.326 e. The van der Waals surface area contributed by atoms with Gasteiger partial charge in [0.2, 0.25) is 11.8 Å². The quantitative estimate of drug-likeness (QED) is 0.871. The lowest BCUT2D eigenvalue weighted by atomic mass is 10.1. The molecule has 4 heteroatoms. The molecule has 18 heavy (non-hydrogen) atoms. The Labute approximate surface area is 107 Å². The summed E-state index contributed by atoms with van der Waals surface area (Å²) in [7, 11) is 0. The minimum atomic E-state index is -0.0869. The molecular weight excluding hydrogens is 228 g/mol. The molecule has 2 rings (SSSR count). The van der Waals surface area contributed by atoms with E-state index in [4.69, 9.17) is 0 Å². The second kappa shape index (κ2) is 5.21. The van der Waals surface area contributed by atoms with Gasteiger partial charge in [0.05, 0.1) is 0 Å². The number of hydrogen-bond donors (Lipinski definition) is 1. The molecule has 1 heterocycles. The maximum Gasteiger partial charge on any atom is 0.226 e. The van der Waals surface area contributed by atoms with Crippen molar-refractivity contribution in [3.05, 3.63) is 23.8 Å². The number of carbonyl (C=O) groups excluding carboxylic acids is 2. The largest absolute Gasteiger partial charge is 0.326 e. The Balaban J connectivity index is 2.23. The summed E-state index contributed by atoms with van der Waals surface area (Å²) in [6, 6.07) is 5.65. The van der Waals surface area contributed by atoms with Crippen molar-refractivity contribution < 1.29 is 9.59 Å². The summed E-state index contributed by atoms with van der Waals surface area (Å²) >= 11 is 0. The van der Waals surface area contributed by atoms with Crippen molar-refractivity contribution in [1.29, 1.82) is 0 Å². The standard InChI is InChI=1S/C14H18N2O2/c1-10-9-12(15-11(2)17)6-7-13(10)16-8-4-3-5-14(16)18/h6-7,9H,3-5,8H2,1-2H3,(H,15,17). The number of nitrogens with zero attached hydrogens (tertiary/aromatic N) is 1. The molecule has 1 aliphatic rings. The first kappa shape index (κ1) is 12.6. The van der Waals surface area contributed by atoms with Gasteiger partial charge in [-0.1, -0.05) is 0 Å². The van der Waals surface area contributed by atoms with Crippen LogP contribution in [0.15, 0.2) is 18.2 Å². The summed E-state index contributed by atoms with van der Waals surface area (Å²) in [4.78, 5) is 24.7. The van der Waals surface area contributed by atoms with Crippen molar-refractivity contribution in [2.75, 3.05) is 16.8 Å². The number of benzene rings is 1. The Morgan fingerprint density at radius 2 is 2.11 bits per heavy atom.